The van der Waals surface area contributed by atoms with E-state index in [0.717, 1.165) is 43.7 Å². The van der Waals surface area contributed by atoms with Gasteiger partial charge in [-0.2, -0.15) is 5.10 Å². The number of piperidine rings is 1. The summed E-state index contributed by atoms with van der Waals surface area (Å²) in [5.41, 5.74) is 2.43. The normalized spacial score (nSPS) is 16.6. The predicted molar refractivity (Wildman–Crippen MR) is 120 cm³/mol. The zero-order chi connectivity index (χ0) is 22.6. The van der Waals surface area contributed by atoms with Crippen LogP contribution in [0.1, 0.15) is 30.0 Å². The second kappa shape index (κ2) is 9.46. The van der Waals surface area contributed by atoms with Gasteiger partial charge >= 0.3 is 6.01 Å². The zero-order valence-corrected chi connectivity index (χ0v) is 17.9. The van der Waals surface area contributed by atoms with Crippen molar-refractivity contribution in [2.75, 3.05) is 13.1 Å². The predicted octanol–water partition coefficient (Wildman–Crippen LogP) is 5.32. The first-order chi connectivity index (χ1) is 16.2. The molecule has 2 aromatic heterocycles. The van der Waals surface area contributed by atoms with Gasteiger partial charge < -0.3 is 4.74 Å². The van der Waals surface area contributed by atoms with Crippen molar-refractivity contribution < 1.29 is 13.5 Å². The molecule has 1 fully saturated rings. The van der Waals surface area contributed by atoms with Crippen LogP contribution in [0.4, 0.5) is 8.78 Å². The van der Waals surface area contributed by atoms with E-state index in [-0.39, 0.29) is 11.5 Å². The molecule has 1 aliphatic heterocycles. The molecule has 5 rings (SSSR count). The molecule has 1 unspecified atom stereocenters. The number of likely N-dealkylation sites (tertiary alicyclic amines) is 1. The third kappa shape index (κ3) is 4.75. The van der Waals surface area contributed by atoms with E-state index in [4.69, 9.17) is 4.74 Å². The van der Waals surface area contributed by atoms with Crippen molar-refractivity contribution in [1.82, 2.24) is 25.1 Å². The van der Waals surface area contributed by atoms with Crippen LogP contribution < -0.4 is 4.74 Å². The largest absolute Gasteiger partial charge is 0.424 e. The fourth-order valence-corrected chi connectivity index (χ4v) is 4.36. The molecule has 0 bridgehead atoms. The second-order valence-corrected chi connectivity index (χ2v) is 8.15. The number of H-pyrrole nitrogens is 1. The summed E-state index contributed by atoms with van der Waals surface area (Å²) in [5, 5.41) is 7.11. The fraction of sp³-hybridized carbons (Fsp3) is 0.240. The van der Waals surface area contributed by atoms with E-state index in [1.807, 2.05) is 24.3 Å². The van der Waals surface area contributed by atoms with Gasteiger partial charge in [0.05, 0.1) is 11.8 Å². The Morgan fingerprint density at radius 2 is 1.76 bits per heavy atom. The highest BCUT2D eigenvalue weighted by molar-refractivity contribution is 5.67. The van der Waals surface area contributed by atoms with Gasteiger partial charge in [0, 0.05) is 42.7 Å². The molecule has 2 aromatic carbocycles. The summed E-state index contributed by atoms with van der Waals surface area (Å²) in [6, 6.07) is 13.8. The average Bonchev–Trinajstić information content (AvgIpc) is 3.31. The molecule has 1 atom stereocenters. The maximum absolute atomic E-state index is 14.4. The Morgan fingerprint density at radius 3 is 2.52 bits per heavy atom. The van der Waals surface area contributed by atoms with Crippen LogP contribution in [0, 0.1) is 11.6 Å². The molecule has 3 heterocycles. The lowest BCUT2D eigenvalue weighted by atomic mass is 9.90. The van der Waals surface area contributed by atoms with Crippen LogP contribution in [0.15, 0.2) is 67.1 Å². The number of aromatic nitrogens is 4. The molecule has 33 heavy (non-hydrogen) atoms. The van der Waals surface area contributed by atoms with Crippen molar-refractivity contribution in [2.24, 2.45) is 0 Å². The number of halogens is 2. The summed E-state index contributed by atoms with van der Waals surface area (Å²) in [6.07, 6.45) is 6.72. The highest BCUT2D eigenvalue weighted by atomic mass is 19.1. The van der Waals surface area contributed by atoms with E-state index in [1.54, 1.807) is 18.5 Å². The molecule has 0 saturated carbocycles. The molecule has 1 N–H and O–H groups in total. The summed E-state index contributed by atoms with van der Waals surface area (Å²) >= 11 is 0. The number of aromatic amines is 1. The fourth-order valence-electron chi connectivity index (χ4n) is 4.36. The van der Waals surface area contributed by atoms with Crippen molar-refractivity contribution in [3.63, 3.8) is 0 Å². The Balaban J connectivity index is 1.27. The molecule has 4 aromatic rings. The molecular weight excluding hydrogens is 424 g/mol. The van der Waals surface area contributed by atoms with Crippen LogP contribution in [0.5, 0.6) is 11.8 Å². The monoisotopic (exact) mass is 447 g/mol. The van der Waals surface area contributed by atoms with Gasteiger partial charge in [-0.25, -0.2) is 18.7 Å². The molecule has 8 heteroatoms. The van der Waals surface area contributed by atoms with E-state index in [1.165, 1.54) is 24.4 Å². The topological polar surface area (TPSA) is 66.9 Å². The van der Waals surface area contributed by atoms with Crippen molar-refractivity contribution in [1.29, 1.82) is 0 Å². The molecule has 0 radical (unpaired) electrons. The van der Waals surface area contributed by atoms with E-state index < -0.39 is 11.6 Å². The number of ether oxygens (including phenoxy) is 1. The van der Waals surface area contributed by atoms with Crippen molar-refractivity contribution >= 4 is 0 Å². The number of rotatable bonds is 6. The quantitative estimate of drug-likeness (QED) is 0.434. The lowest BCUT2D eigenvalue weighted by Crippen LogP contribution is -2.34. The first-order valence-electron chi connectivity index (χ1n) is 10.9. The smallest absolute Gasteiger partial charge is 0.321 e. The molecule has 0 amide bonds. The van der Waals surface area contributed by atoms with Gasteiger partial charge in [-0.3, -0.25) is 10.00 Å². The van der Waals surface area contributed by atoms with Crippen molar-refractivity contribution in [2.45, 2.75) is 25.3 Å². The minimum absolute atomic E-state index is 0.0173. The Labute approximate surface area is 190 Å². The molecule has 0 aliphatic carbocycles. The molecular formula is C25H23F2N5O. The second-order valence-electron chi connectivity index (χ2n) is 8.15. The van der Waals surface area contributed by atoms with Gasteiger partial charge in [-0.1, -0.05) is 18.2 Å². The van der Waals surface area contributed by atoms with Gasteiger partial charge in [0.1, 0.15) is 17.4 Å². The summed E-state index contributed by atoms with van der Waals surface area (Å²) < 4.78 is 34.4. The van der Waals surface area contributed by atoms with Gasteiger partial charge in [-0.15, -0.1) is 0 Å². The summed E-state index contributed by atoms with van der Waals surface area (Å²) in [5.74, 6) is -0.356. The molecule has 6 nitrogen and oxygen atoms in total. The highest BCUT2D eigenvalue weighted by Gasteiger charge is 2.27. The van der Waals surface area contributed by atoms with E-state index in [2.05, 4.69) is 25.1 Å². The van der Waals surface area contributed by atoms with E-state index in [0.29, 0.717) is 17.3 Å². The minimum atomic E-state index is -0.575. The van der Waals surface area contributed by atoms with Crippen LogP contribution in [0.25, 0.3) is 11.1 Å². The van der Waals surface area contributed by atoms with Gasteiger partial charge in [0.2, 0.25) is 0 Å². The van der Waals surface area contributed by atoms with Gasteiger partial charge in [0.25, 0.3) is 0 Å². The van der Waals surface area contributed by atoms with Crippen LogP contribution in [0.3, 0.4) is 0 Å². The van der Waals surface area contributed by atoms with E-state index in [9.17, 15) is 8.78 Å². The van der Waals surface area contributed by atoms with Gasteiger partial charge in [0.15, 0.2) is 0 Å². The maximum Gasteiger partial charge on any atom is 0.321 e. The minimum Gasteiger partial charge on any atom is -0.424 e. The third-order valence-electron chi connectivity index (χ3n) is 5.90. The lowest BCUT2D eigenvalue weighted by Gasteiger charge is -2.32. The Morgan fingerprint density at radius 1 is 1.00 bits per heavy atom. The number of hydrogen-bond acceptors (Lipinski definition) is 5. The van der Waals surface area contributed by atoms with Crippen LogP contribution >= 0.6 is 0 Å². The molecule has 168 valence electrons. The van der Waals surface area contributed by atoms with Crippen LogP contribution in [-0.2, 0) is 6.54 Å². The maximum atomic E-state index is 14.4. The lowest BCUT2D eigenvalue weighted by molar-refractivity contribution is 0.198. The Kier molecular flexibility index (Phi) is 6.08. The zero-order valence-electron chi connectivity index (χ0n) is 17.9. The number of benzene rings is 2. The number of hydrogen-bond donors (Lipinski definition) is 1. The SMILES string of the molecule is Fc1cccc(F)c1-c1cn[nH]c1C1CCCN(Cc2ccc(Oc3ncccn3)cc2)C1. The number of nitrogens with one attached hydrogen (secondary N) is 1. The average molecular weight is 447 g/mol. The van der Waals surface area contributed by atoms with Crippen LogP contribution in [-0.4, -0.2) is 38.2 Å². The summed E-state index contributed by atoms with van der Waals surface area (Å²) in [4.78, 5) is 10.5. The standard InChI is InChI=1S/C25H23F2N5O/c26-21-5-1-6-22(27)23(21)20-14-30-31-24(20)18-4-2-13-32(16-18)15-17-7-9-19(10-8-17)33-25-28-11-3-12-29-25/h1,3,5-12,14,18H,2,4,13,15-16H2,(H,30,31). The summed E-state index contributed by atoms with van der Waals surface area (Å²) in [6.45, 7) is 2.52. The molecule has 1 aliphatic rings. The first-order valence-corrected chi connectivity index (χ1v) is 10.9. The molecule has 0 spiro atoms. The summed E-state index contributed by atoms with van der Waals surface area (Å²) in [7, 11) is 0. The number of nitrogens with zero attached hydrogens (tertiary/aromatic N) is 4. The molecule has 1 saturated heterocycles. The van der Waals surface area contributed by atoms with E-state index >= 15 is 0 Å². The highest BCUT2D eigenvalue weighted by Crippen LogP contribution is 2.35. The third-order valence-corrected chi connectivity index (χ3v) is 5.90. The first kappa shape index (κ1) is 21.2. The van der Waals surface area contributed by atoms with Crippen molar-refractivity contribution in [3.8, 4) is 22.9 Å². The van der Waals surface area contributed by atoms with Gasteiger partial charge in [-0.05, 0) is 55.3 Å². The van der Waals surface area contributed by atoms with Crippen LogP contribution in [0.2, 0.25) is 0 Å². The Hall–Kier alpha value is -3.65. The van der Waals surface area contributed by atoms with Crippen molar-refractivity contribution in [3.05, 3.63) is 90.0 Å². The Bertz CT molecular complexity index is 1190.